The second-order valence-corrected chi connectivity index (χ2v) is 9.40. The minimum atomic E-state index is -0.952. The smallest absolute Gasteiger partial charge is 0.336 e. The van der Waals surface area contributed by atoms with E-state index in [0.717, 1.165) is 25.7 Å². The monoisotopic (exact) mass is 515 g/mol. The molecule has 1 amide bonds. The fraction of sp³-hybridized carbons (Fsp3) is 0.519. The number of nitro groups is 1. The molecule has 1 aromatic carbocycles. The lowest BCUT2D eigenvalue weighted by Crippen LogP contribution is -2.47. The van der Waals surface area contributed by atoms with Gasteiger partial charge in [-0.25, -0.2) is 9.59 Å². The average Bonchev–Trinajstić information content (AvgIpc) is 2.85. The van der Waals surface area contributed by atoms with Gasteiger partial charge in [-0.2, -0.15) is 0 Å². The molecule has 202 valence electrons. The molecular formula is C27H37N3O7. The quantitative estimate of drug-likeness (QED) is 0.182. The largest absolute Gasteiger partial charge is 0.466 e. The Kier molecular flexibility index (Phi) is 10.8. The fourth-order valence-electron chi connectivity index (χ4n) is 4.33. The van der Waals surface area contributed by atoms with Crippen LogP contribution in [0.1, 0.15) is 71.8 Å². The van der Waals surface area contributed by atoms with E-state index in [1.54, 1.807) is 33.8 Å². The number of rotatable bonds is 12. The second-order valence-electron chi connectivity index (χ2n) is 9.40. The number of carbonyl (C=O) groups excluding carboxylic acids is 3. The summed E-state index contributed by atoms with van der Waals surface area (Å²) >= 11 is 0. The summed E-state index contributed by atoms with van der Waals surface area (Å²) in [6.45, 7) is 9.30. The van der Waals surface area contributed by atoms with E-state index < -0.39 is 34.7 Å². The van der Waals surface area contributed by atoms with Gasteiger partial charge in [0.25, 0.3) is 11.6 Å². The molecule has 1 aliphatic rings. The Balaban J connectivity index is 2.44. The van der Waals surface area contributed by atoms with Gasteiger partial charge in [0, 0.05) is 29.1 Å². The van der Waals surface area contributed by atoms with Crippen LogP contribution in [-0.4, -0.2) is 42.5 Å². The number of non-ortho nitro benzene ring substituents is 1. The molecule has 0 saturated heterocycles. The number of carbonyl (C=O) groups is 3. The van der Waals surface area contributed by atoms with Gasteiger partial charge < -0.3 is 20.1 Å². The summed E-state index contributed by atoms with van der Waals surface area (Å²) < 4.78 is 10.4. The number of allylic oxidation sites excluding steroid dienone is 2. The third-order valence-corrected chi connectivity index (χ3v) is 6.27. The summed E-state index contributed by atoms with van der Waals surface area (Å²) in [5.74, 6) is -3.01. The highest BCUT2D eigenvalue weighted by Gasteiger charge is 2.39. The Labute approximate surface area is 217 Å². The van der Waals surface area contributed by atoms with Gasteiger partial charge in [0.1, 0.15) is 6.04 Å². The molecule has 0 radical (unpaired) electrons. The molecule has 2 N–H and O–H groups in total. The van der Waals surface area contributed by atoms with Gasteiger partial charge in [0.2, 0.25) is 0 Å². The Hall–Kier alpha value is -3.69. The number of ether oxygens (including phenoxy) is 2. The first kappa shape index (κ1) is 29.5. The molecule has 0 bridgehead atoms. The minimum Gasteiger partial charge on any atom is -0.466 e. The topological polar surface area (TPSA) is 137 Å². The first-order valence-corrected chi connectivity index (χ1v) is 12.5. The van der Waals surface area contributed by atoms with Crippen molar-refractivity contribution in [3.8, 4) is 0 Å². The number of nitro benzene ring substituents is 1. The van der Waals surface area contributed by atoms with Gasteiger partial charge in [-0.1, -0.05) is 52.2 Å². The molecule has 0 spiro atoms. The van der Waals surface area contributed by atoms with Crippen molar-refractivity contribution in [3.05, 3.63) is 62.5 Å². The molecule has 0 fully saturated rings. The molecule has 10 nitrogen and oxygen atoms in total. The van der Waals surface area contributed by atoms with Crippen LogP contribution in [0.3, 0.4) is 0 Å². The van der Waals surface area contributed by atoms with Crippen molar-refractivity contribution in [1.29, 1.82) is 0 Å². The third kappa shape index (κ3) is 7.41. The molecule has 1 heterocycles. The van der Waals surface area contributed by atoms with Crippen molar-refractivity contribution < 1.29 is 28.8 Å². The maximum absolute atomic E-state index is 13.7. The number of hydrogen-bond acceptors (Lipinski definition) is 8. The van der Waals surface area contributed by atoms with Crippen LogP contribution in [0.25, 0.3) is 0 Å². The van der Waals surface area contributed by atoms with Gasteiger partial charge in [-0.3, -0.25) is 14.9 Å². The highest BCUT2D eigenvalue weighted by atomic mass is 16.6. The van der Waals surface area contributed by atoms with E-state index in [2.05, 4.69) is 17.6 Å². The molecule has 0 aromatic heterocycles. The maximum atomic E-state index is 13.7. The van der Waals surface area contributed by atoms with E-state index in [9.17, 15) is 24.5 Å². The molecule has 0 saturated carbocycles. The lowest BCUT2D eigenvalue weighted by atomic mass is 9.79. The molecule has 37 heavy (non-hydrogen) atoms. The molecule has 2 atom stereocenters. The summed E-state index contributed by atoms with van der Waals surface area (Å²) in [6, 6.07) is 4.86. The van der Waals surface area contributed by atoms with Gasteiger partial charge in [-0.05, 0) is 31.7 Å². The number of amides is 1. The molecule has 1 aliphatic heterocycles. The van der Waals surface area contributed by atoms with Crippen molar-refractivity contribution in [1.82, 2.24) is 10.6 Å². The molecule has 10 heteroatoms. The van der Waals surface area contributed by atoms with E-state index in [1.165, 1.54) is 25.3 Å². The lowest BCUT2D eigenvalue weighted by molar-refractivity contribution is -0.384. The van der Waals surface area contributed by atoms with Crippen LogP contribution in [-0.2, 0) is 23.9 Å². The van der Waals surface area contributed by atoms with Crippen LogP contribution in [0.4, 0.5) is 5.69 Å². The number of unbranched alkanes of at least 4 members (excludes halogenated alkanes) is 3. The predicted octanol–water partition coefficient (Wildman–Crippen LogP) is 4.27. The van der Waals surface area contributed by atoms with Crippen molar-refractivity contribution in [2.45, 2.75) is 72.3 Å². The number of benzene rings is 1. The average molecular weight is 516 g/mol. The van der Waals surface area contributed by atoms with E-state index in [0.29, 0.717) is 17.0 Å². The van der Waals surface area contributed by atoms with Gasteiger partial charge >= 0.3 is 11.9 Å². The predicted molar refractivity (Wildman–Crippen MR) is 138 cm³/mol. The van der Waals surface area contributed by atoms with Gasteiger partial charge in [0.05, 0.1) is 30.1 Å². The van der Waals surface area contributed by atoms with Crippen molar-refractivity contribution >= 4 is 23.5 Å². The van der Waals surface area contributed by atoms with Crippen molar-refractivity contribution in [2.75, 3.05) is 13.7 Å². The van der Waals surface area contributed by atoms with Crippen LogP contribution in [0.15, 0.2) is 46.8 Å². The summed E-state index contributed by atoms with van der Waals surface area (Å²) in [7, 11) is 1.23. The van der Waals surface area contributed by atoms with Gasteiger partial charge in [0.15, 0.2) is 0 Å². The van der Waals surface area contributed by atoms with Crippen LogP contribution in [0.2, 0.25) is 0 Å². The zero-order valence-corrected chi connectivity index (χ0v) is 22.4. The Bertz CT molecular complexity index is 1090. The van der Waals surface area contributed by atoms with Crippen LogP contribution in [0.5, 0.6) is 0 Å². The van der Waals surface area contributed by atoms with E-state index in [-0.39, 0.29) is 29.4 Å². The standard InChI is InChI=1S/C27H37N3O7/c1-7-8-9-10-14-37-27(33)24(16(2)3)29-25(31)21-17(4)28-18(5)22(26(32)36-6)23(21)19-12-11-13-20(15-19)30(34)35/h11-13,15-16,23-24,28H,7-10,14H2,1-6H3,(H,29,31)/t23-,24+/m1/s1. The lowest BCUT2D eigenvalue weighted by Gasteiger charge is -2.32. The Morgan fingerprint density at radius 3 is 2.38 bits per heavy atom. The zero-order chi connectivity index (χ0) is 27.7. The first-order valence-electron chi connectivity index (χ1n) is 12.5. The highest BCUT2D eigenvalue weighted by molar-refractivity contribution is 6.03. The molecule has 0 aliphatic carbocycles. The van der Waals surface area contributed by atoms with Crippen molar-refractivity contribution in [2.24, 2.45) is 5.92 Å². The van der Waals surface area contributed by atoms with E-state index >= 15 is 0 Å². The summed E-state index contributed by atoms with van der Waals surface area (Å²) in [5, 5.41) is 17.3. The van der Waals surface area contributed by atoms with E-state index in [1.807, 2.05) is 0 Å². The summed E-state index contributed by atoms with van der Waals surface area (Å²) in [6.07, 6.45) is 3.81. The summed E-state index contributed by atoms with van der Waals surface area (Å²) in [5.41, 5.74) is 1.42. The first-order chi connectivity index (χ1) is 17.5. The fourth-order valence-corrected chi connectivity index (χ4v) is 4.33. The number of dihydropyridines is 1. The third-order valence-electron chi connectivity index (χ3n) is 6.27. The SMILES string of the molecule is CCCCCCOC(=O)[C@@H](NC(=O)C1=C(C)NC(C)=C(C(=O)OC)[C@@H]1c1cccc([N+](=O)[O-])c1)C(C)C. The Morgan fingerprint density at radius 2 is 1.78 bits per heavy atom. The number of methoxy groups -OCH3 is 1. The number of hydrogen-bond donors (Lipinski definition) is 2. The number of esters is 2. The summed E-state index contributed by atoms with van der Waals surface area (Å²) in [4.78, 5) is 50.2. The van der Waals surface area contributed by atoms with Crippen LogP contribution >= 0.6 is 0 Å². The van der Waals surface area contributed by atoms with Gasteiger partial charge in [-0.15, -0.1) is 0 Å². The molecular weight excluding hydrogens is 478 g/mol. The van der Waals surface area contributed by atoms with Crippen LogP contribution < -0.4 is 10.6 Å². The second kappa shape index (κ2) is 13.6. The zero-order valence-electron chi connectivity index (χ0n) is 22.4. The minimum absolute atomic E-state index is 0.151. The molecule has 2 rings (SSSR count). The molecule has 0 unspecified atom stereocenters. The van der Waals surface area contributed by atoms with Crippen LogP contribution in [0, 0.1) is 16.0 Å². The van der Waals surface area contributed by atoms with Crippen molar-refractivity contribution in [3.63, 3.8) is 0 Å². The highest BCUT2D eigenvalue weighted by Crippen LogP contribution is 2.39. The number of nitrogens with one attached hydrogen (secondary N) is 2. The normalized spacial score (nSPS) is 16.2. The maximum Gasteiger partial charge on any atom is 0.336 e. The number of nitrogens with zero attached hydrogens (tertiary/aromatic N) is 1. The Morgan fingerprint density at radius 1 is 1.11 bits per heavy atom. The van der Waals surface area contributed by atoms with E-state index in [4.69, 9.17) is 9.47 Å². The molecule has 1 aromatic rings.